The van der Waals surface area contributed by atoms with Crippen LogP contribution < -0.4 is 0 Å². The molecule has 1 aromatic rings. The van der Waals surface area contributed by atoms with Gasteiger partial charge in [0, 0.05) is 12.6 Å². The molecular weight excluding hydrogens is 210 g/mol. The van der Waals surface area contributed by atoms with Crippen molar-refractivity contribution >= 4 is 0 Å². The van der Waals surface area contributed by atoms with Gasteiger partial charge in [0.2, 0.25) is 0 Å². The fourth-order valence-corrected chi connectivity index (χ4v) is 2.88. The summed E-state index contributed by atoms with van der Waals surface area (Å²) in [5.74, 6) is 0.687. The lowest BCUT2D eigenvalue weighted by Gasteiger charge is -2.38. The molecule has 2 nitrogen and oxygen atoms in total. The summed E-state index contributed by atoms with van der Waals surface area (Å²) in [6, 6.07) is 11.1. The van der Waals surface area contributed by atoms with Crippen molar-refractivity contribution in [3.8, 4) is 0 Å². The third-order valence-corrected chi connectivity index (χ3v) is 3.97. The predicted molar refractivity (Wildman–Crippen MR) is 70.7 cm³/mol. The third-order valence-electron chi connectivity index (χ3n) is 3.97. The number of nitrogens with zero attached hydrogens (tertiary/aromatic N) is 1. The lowest BCUT2D eigenvalue weighted by Crippen LogP contribution is -2.42. The van der Waals surface area contributed by atoms with E-state index in [0.717, 1.165) is 25.8 Å². The average molecular weight is 233 g/mol. The molecule has 1 aliphatic carbocycles. The van der Waals surface area contributed by atoms with Crippen LogP contribution in [0.15, 0.2) is 30.3 Å². The van der Waals surface area contributed by atoms with Crippen molar-refractivity contribution in [3.63, 3.8) is 0 Å². The number of aliphatic hydroxyl groups excluding tert-OH is 1. The molecule has 1 N–H and O–H groups in total. The summed E-state index contributed by atoms with van der Waals surface area (Å²) in [4.78, 5) is 2.39. The van der Waals surface area contributed by atoms with Gasteiger partial charge in [-0.15, -0.1) is 0 Å². The van der Waals surface area contributed by atoms with E-state index in [2.05, 4.69) is 49.2 Å². The van der Waals surface area contributed by atoms with Crippen LogP contribution in [0, 0.1) is 5.92 Å². The number of rotatable bonds is 3. The molecule has 0 spiro atoms. The Hall–Kier alpha value is -0.860. The molecule has 0 aliphatic heterocycles. The van der Waals surface area contributed by atoms with Crippen LogP contribution in [0.4, 0.5) is 0 Å². The van der Waals surface area contributed by atoms with Gasteiger partial charge in [0.15, 0.2) is 0 Å². The molecule has 3 unspecified atom stereocenters. The summed E-state index contributed by atoms with van der Waals surface area (Å²) in [5.41, 5.74) is 1.35. The fourth-order valence-electron chi connectivity index (χ4n) is 2.88. The van der Waals surface area contributed by atoms with E-state index in [1.54, 1.807) is 0 Å². The monoisotopic (exact) mass is 233 g/mol. The number of hydrogen-bond donors (Lipinski definition) is 1. The zero-order valence-corrected chi connectivity index (χ0v) is 10.8. The van der Waals surface area contributed by atoms with E-state index >= 15 is 0 Å². The van der Waals surface area contributed by atoms with Gasteiger partial charge in [0.05, 0.1) is 6.10 Å². The summed E-state index contributed by atoms with van der Waals surface area (Å²) in [6.45, 7) is 3.28. The molecule has 0 saturated heterocycles. The van der Waals surface area contributed by atoms with Crippen LogP contribution in [0.5, 0.6) is 0 Å². The Morgan fingerprint density at radius 2 is 1.94 bits per heavy atom. The Labute approximate surface area is 104 Å². The van der Waals surface area contributed by atoms with Gasteiger partial charge in [0.25, 0.3) is 0 Å². The minimum absolute atomic E-state index is 0.102. The van der Waals surface area contributed by atoms with E-state index in [4.69, 9.17) is 0 Å². The molecule has 1 aliphatic rings. The minimum Gasteiger partial charge on any atom is -0.393 e. The highest BCUT2D eigenvalue weighted by molar-refractivity contribution is 5.14. The smallest absolute Gasteiger partial charge is 0.0555 e. The van der Waals surface area contributed by atoms with Gasteiger partial charge in [-0.3, -0.25) is 4.90 Å². The van der Waals surface area contributed by atoms with Crippen molar-refractivity contribution in [3.05, 3.63) is 35.9 Å². The molecule has 0 heterocycles. The fraction of sp³-hybridized carbons (Fsp3) is 0.600. The Bertz CT molecular complexity index is 338. The van der Waals surface area contributed by atoms with Crippen LogP contribution >= 0.6 is 0 Å². The molecule has 3 atom stereocenters. The first-order valence-corrected chi connectivity index (χ1v) is 6.59. The molecule has 0 aromatic heterocycles. The van der Waals surface area contributed by atoms with Gasteiger partial charge in [-0.2, -0.15) is 0 Å². The van der Waals surface area contributed by atoms with Crippen LogP contribution in [0.1, 0.15) is 31.7 Å². The number of aliphatic hydroxyl groups is 1. The van der Waals surface area contributed by atoms with E-state index in [0.29, 0.717) is 12.0 Å². The van der Waals surface area contributed by atoms with E-state index in [9.17, 15) is 5.11 Å². The van der Waals surface area contributed by atoms with Gasteiger partial charge in [-0.1, -0.05) is 37.3 Å². The van der Waals surface area contributed by atoms with Crippen molar-refractivity contribution in [2.75, 3.05) is 7.05 Å². The quantitative estimate of drug-likeness (QED) is 0.867. The molecule has 0 bridgehead atoms. The van der Waals surface area contributed by atoms with Crippen molar-refractivity contribution in [2.24, 2.45) is 5.92 Å². The highest BCUT2D eigenvalue weighted by Crippen LogP contribution is 2.28. The summed E-state index contributed by atoms with van der Waals surface area (Å²) >= 11 is 0. The normalized spacial score (nSPS) is 29.5. The SMILES string of the molecule is CC1CCC(O)CC1N(C)Cc1ccccc1. The molecule has 2 rings (SSSR count). The minimum atomic E-state index is -0.102. The van der Waals surface area contributed by atoms with Gasteiger partial charge in [-0.05, 0) is 37.8 Å². The summed E-state index contributed by atoms with van der Waals surface area (Å²) in [5, 5.41) is 9.79. The molecule has 17 heavy (non-hydrogen) atoms. The van der Waals surface area contributed by atoms with Crippen LogP contribution in [0.2, 0.25) is 0 Å². The van der Waals surface area contributed by atoms with Gasteiger partial charge in [0.1, 0.15) is 0 Å². The van der Waals surface area contributed by atoms with Crippen molar-refractivity contribution in [2.45, 2.75) is 44.9 Å². The maximum atomic E-state index is 9.79. The van der Waals surface area contributed by atoms with Gasteiger partial charge >= 0.3 is 0 Å². The van der Waals surface area contributed by atoms with Crippen LogP contribution in [-0.2, 0) is 6.54 Å². The molecule has 2 heteroatoms. The Balaban J connectivity index is 1.97. The second-order valence-corrected chi connectivity index (χ2v) is 5.41. The Morgan fingerprint density at radius 3 is 2.65 bits per heavy atom. The lowest BCUT2D eigenvalue weighted by atomic mass is 9.83. The maximum absolute atomic E-state index is 9.79. The van der Waals surface area contributed by atoms with Gasteiger partial charge in [-0.25, -0.2) is 0 Å². The molecule has 1 aromatic carbocycles. The first-order valence-electron chi connectivity index (χ1n) is 6.59. The zero-order chi connectivity index (χ0) is 12.3. The van der Waals surface area contributed by atoms with E-state index in [1.165, 1.54) is 5.56 Å². The second-order valence-electron chi connectivity index (χ2n) is 5.41. The van der Waals surface area contributed by atoms with Crippen molar-refractivity contribution in [1.29, 1.82) is 0 Å². The van der Waals surface area contributed by atoms with E-state index in [1.807, 2.05) is 0 Å². The van der Waals surface area contributed by atoms with Crippen LogP contribution in [-0.4, -0.2) is 29.2 Å². The zero-order valence-electron chi connectivity index (χ0n) is 10.8. The lowest BCUT2D eigenvalue weighted by molar-refractivity contribution is 0.0404. The standard InChI is InChI=1S/C15H23NO/c1-12-8-9-14(17)10-15(12)16(2)11-13-6-4-3-5-7-13/h3-7,12,14-15,17H,8-11H2,1-2H3. The largest absolute Gasteiger partial charge is 0.393 e. The first-order chi connectivity index (χ1) is 8.16. The Morgan fingerprint density at radius 1 is 1.24 bits per heavy atom. The molecule has 94 valence electrons. The summed E-state index contributed by atoms with van der Waals surface area (Å²) in [7, 11) is 2.17. The number of hydrogen-bond acceptors (Lipinski definition) is 2. The van der Waals surface area contributed by atoms with Gasteiger partial charge < -0.3 is 5.11 Å². The maximum Gasteiger partial charge on any atom is 0.0555 e. The molecule has 0 amide bonds. The Kier molecular flexibility index (Phi) is 4.19. The summed E-state index contributed by atoms with van der Waals surface area (Å²) < 4.78 is 0. The van der Waals surface area contributed by atoms with Crippen molar-refractivity contribution in [1.82, 2.24) is 4.90 Å². The second kappa shape index (κ2) is 5.65. The van der Waals surface area contributed by atoms with E-state index < -0.39 is 0 Å². The first kappa shape index (κ1) is 12.6. The summed E-state index contributed by atoms with van der Waals surface area (Å²) in [6.07, 6.45) is 2.93. The molecule has 1 fully saturated rings. The molecule has 0 radical (unpaired) electrons. The van der Waals surface area contributed by atoms with Crippen molar-refractivity contribution < 1.29 is 5.11 Å². The third kappa shape index (κ3) is 3.30. The highest BCUT2D eigenvalue weighted by atomic mass is 16.3. The predicted octanol–water partition coefficient (Wildman–Crippen LogP) is 2.67. The van der Waals surface area contributed by atoms with E-state index in [-0.39, 0.29) is 6.10 Å². The topological polar surface area (TPSA) is 23.5 Å². The molecule has 1 saturated carbocycles. The van der Waals surface area contributed by atoms with Crippen LogP contribution in [0.3, 0.4) is 0 Å². The number of benzene rings is 1. The average Bonchev–Trinajstić information content (AvgIpc) is 2.33. The highest BCUT2D eigenvalue weighted by Gasteiger charge is 2.29. The molecular formula is C15H23NO. The van der Waals surface area contributed by atoms with Crippen LogP contribution in [0.25, 0.3) is 0 Å².